The van der Waals surface area contributed by atoms with Crippen molar-refractivity contribution in [2.24, 2.45) is 5.92 Å². The average molecular weight is 316 g/mol. The SMILES string of the molecule is Clc1cccc(C2Nc3ccccc3C3C=CCC32)c1Cl. The second kappa shape index (κ2) is 5.08. The van der Waals surface area contributed by atoms with E-state index in [1.165, 1.54) is 11.3 Å². The van der Waals surface area contributed by atoms with Crippen LogP contribution in [-0.4, -0.2) is 0 Å². The smallest absolute Gasteiger partial charge is 0.0645 e. The first-order chi connectivity index (χ1) is 10.3. The van der Waals surface area contributed by atoms with E-state index in [1.807, 2.05) is 12.1 Å². The lowest BCUT2D eigenvalue weighted by atomic mass is 9.77. The Kier molecular flexibility index (Phi) is 3.20. The van der Waals surface area contributed by atoms with E-state index in [1.54, 1.807) is 0 Å². The molecule has 3 heteroatoms. The van der Waals surface area contributed by atoms with Gasteiger partial charge in [0.05, 0.1) is 16.1 Å². The number of anilines is 1. The number of halogens is 2. The molecule has 0 spiro atoms. The molecule has 0 fully saturated rings. The summed E-state index contributed by atoms with van der Waals surface area (Å²) >= 11 is 12.7. The third kappa shape index (κ3) is 2.07. The van der Waals surface area contributed by atoms with Crippen molar-refractivity contribution < 1.29 is 0 Å². The van der Waals surface area contributed by atoms with Gasteiger partial charge in [-0.1, -0.05) is 65.7 Å². The molecule has 2 aromatic rings. The first-order valence-electron chi connectivity index (χ1n) is 7.22. The molecular formula is C18H15Cl2N. The third-order valence-electron chi connectivity index (χ3n) is 4.59. The lowest BCUT2D eigenvalue weighted by Gasteiger charge is -2.37. The summed E-state index contributed by atoms with van der Waals surface area (Å²) in [6.45, 7) is 0. The highest BCUT2D eigenvalue weighted by atomic mass is 35.5. The van der Waals surface area contributed by atoms with Crippen molar-refractivity contribution in [2.75, 3.05) is 5.32 Å². The Bertz CT molecular complexity index is 723. The lowest BCUT2D eigenvalue weighted by Crippen LogP contribution is -2.29. The molecule has 1 aliphatic carbocycles. The van der Waals surface area contributed by atoms with E-state index in [9.17, 15) is 0 Å². The summed E-state index contributed by atoms with van der Waals surface area (Å²) in [5, 5.41) is 4.96. The van der Waals surface area contributed by atoms with Gasteiger partial charge < -0.3 is 5.32 Å². The largest absolute Gasteiger partial charge is 0.378 e. The van der Waals surface area contributed by atoms with Crippen molar-refractivity contribution in [3.05, 3.63) is 75.8 Å². The van der Waals surface area contributed by atoms with Gasteiger partial charge in [-0.15, -0.1) is 0 Å². The van der Waals surface area contributed by atoms with Crippen molar-refractivity contribution in [2.45, 2.75) is 18.4 Å². The minimum absolute atomic E-state index is 0.200. The van der Waals surface area contributed by atoms with Crippen molar-refractivity contribution in [3.8, 4) is 0 Å². The molecule has 1 aliphatic heterocycles. The molecule has 0 saturated heterocycles. The normalized spacial score (nSPS) is 26.1. The van der Waals surface area contributed by atoms with Crippen molar-refractivity contribution in [1.82, 2.24) is 0 Å². The highest BCUT2D eigenvalue weighted by Gasteiger charge is 2.38. The molecule has 106 valence electrons. The van der Waals surface area contributed by atoms with Crippen LogP contribution in [-0.2, 0) is 0 Å². The fraction of sp³-hybridized carbons (Fsp3) is 0.222. The number of para-hydroxylation sites is 1. The summed E-state index contributed by atoms with van der Waals surface area (Å²) in [6, 6.07) is 14.6. The molecule has 1 heterocycles. The maximum absolute atomic E-state index is 6.45. The van der Waals surface area contributed by atoms with Gasteiger partial charge >= 0.3 is 0 Å². The third-order valence-corrected chi connectivity index (χ3v) is 5.42. The highest BCUT2D eigenvalue weighted by Crippen LogP contribution is 2.51. The molecule has 4 rings (SSSR count). The number of hydrogen-bond acceptors (Lipinski definition) is 1. The Labute approximate surface area is 134 Å². The molecule has 3 unspecified atom stereocenters. The summed E-state index contributed by atoms with van der Waals surface area (Å²) in [4.78, 5) is 0. The quantitative estimate of drug-likeness (QED) is 0.654. The van der Waals surface area contributed by atoms with Gasteiger partial charge in [0.1, 0.15) is 0 Å². The van der Waals surface area contributed by atoms with Gasteiger partial charge in [0, 0.05) is 11.6 Å². The Morgan fingerprint density at radius 1 is 0.952 bits per heavy atom. The summed E-state index contributed by atoms with van der Waals surface area (Å²) in [5.41, 5.74) is 3.68. The van der Waals surface area contributed by atoms with Gasteiger partial charge in [0.2, 0.25) is 0 Å². The number of rotatable bonds is 1. The van der Waals surface area contributed by atoms with E-state index in [2.05, 4.69) is 47.8 Å². The molecule has 0 bridgehead atoms. The van der Waals surface area contributed by atoms with E-state index in [0.29, 0.717) is 21.9 Å². The molecule has 0 aromatic heterocycles. The van der Waals surface area contributed by atoms with Crippen LogP contribution in [0, 0.1) is 5.92 Å². The van der Waals surface area contributed by atoms with Crippen LogP contribution < -0.4 is 5.32 Å². The van der Waals surface area contributed by atoms with E-state index in [4.69, 9.17) is 23.2 Å². The van der Waals surface area contributed by atoms with Crippen molar-refractivity contribution in [3.63, 3.8) is 0 Å². The van der Waals surface area contributed by atoms with Crippen molar-refractivity contribution in [1.29, 1.82) is 0 Å². The van der Waals surface area contributed by atoms with Gasteiger partial charge in [-0.05, 0) is 35.6 Å². The zero-order valence-corrected chi connectivity index (χ0v) is 12.9. The summed E-state index contributed by atoms with van der Waals surface area (Å²) in [7, 11) is 0. The van der Waals surface area contributed by atoms with E-state index < -0.39 is 0 Å². The molecule has 2 aliphatic rings. The highest BCUT2D eigenvalue weighted by molar-refractivity contribution is 6.42. The van der Waals surface area contributed by atoms with Gasteiger partial charge in [-0.25, -0.2) is 0 Å². The summed E-state index contributed by atoms with van der Waals surface area (Å²) < 4.78 is 0. The number of fused-ring (bicyclic) bond motifs is 3. The topological polar surface area (TPSA) is 12.0 Å². The number of benzene rings is 2. The minimum atomic E-state index is 0.200. The van der Waals surface area contributed by atoms with Crippen LogP contribution in [0.15, 0.2) is 54.6 Å². The minimum Gasteiger partial charge on any atom is -0.378 e. The second-order valence-corrected chi connectivity index (χ2v) is 6.49. The Morgan fingerprint density at radius 3 is 2.67 bits per heavy atom. The van der Waals surface area contributed by atoms with Crippen LogP contribution in [0.1, 0.15) is 29.5 Å². The summed E-state index contributed by atoms with van der Waals surface area (Å²) in [5.74, 6) is 0.957. The molecule has 3 atom stereocenters. The molecule has 2 aromatic carbocycles. The Hall–Kier alpha value is -1.44. The van der Waals surface area contributed by atoms with E-state index in [0.717, 1.165) is 12.0 Å². The molecular weight excluding hydrogens is 301 g/mol. The van der Waals surface area contributed by atoms with Gasteiger partial charge in [-0.3, -0.25) is 0 Å². The predicted molar refractivity (Wildman–Crippen MR) is 89.3 cm³/mol. The fourth-order valence-corrected chi connectivity index (χ4v) is 4.04. The molecule has 0 saturated carbocycles. The second-order valence-electron chi connectivity index (χ2n) is 5.71. The van der Waals surface area contributed by atoms with E-state index >= 15 is 0 Å². The number of hydrogen-bond donors (Lipinski definition) is 1. The maximum atomic E-state index is 6.45. The Balaban J connectivity index is 1.83. The van der Waals surface area contributed by atoms with Gasteiger partial charge in [-0.2, -0.15) is 0 Å². The van der Waals surface area contributed by atoms with Gasteiger partial charge in [0.15, 0.2) is 0 Å². The maximum Gasteiger partial charge on any atom is 0.0645 e. The first-order valence-corrected chi connectivity index (χ1v) is 7.97. The van der Waals surface area contributed by atoms with Crippen molar-refractivity contribution >= 4 is 28.9 Å². The summed E-state index contributed by atoms with van der Waals surface area (Å²) in [6.07, 6.45) is 5.68. The van der Waals surface area contributed by atoms with Crippen LogP contribution in [0.2, 0.25) is 10.0 Å². The van der Waals surface area contributed by atoms with E-state index in [-0.39, 0.29) is 6.04 Å². The Morgan fingerprint density at radius 2 is 1.76 bits per heavy atom. The molecule has 1 N–H and O–H groups in total. The monoisotopic (exact) mass is 315 g/mol. The van der Waals surface area contributed by atoms with Crippen LogP contribution in [0.3, 0.4) is 0 Å². The zero-order chi connectivity index (χ0) is 14.4. The van der Waals surface area contributed by atoms with Gasteiger partial charge in [0.25, 0.3) is 0 Å². The zero-order valence-electron chi connectivity index (χ0n) is 11.4. The number of nitrogens with one attached hydrogen (secondary N) is 1. The van der Waals surface area contributed by atoms with Crippen LogP contribution in [0.5, 0.6) is 0 Å². The molecule has 0 radical (unpaired) electrons. The predicted octanol–water partition coefficient (Wildman–Crippen LogP) is 5.82. The fourth-order valence-electron chi connectivity index (χ4n) is 3.61. The first kappa shape index (κ1) is 13.2. The lowest BCUT2D eigenvalue weighted by molar-refractivity contribution is 0.426. The van der Waals surface area contributed by atoms with Crippen LogP contribution >= 0.6 is 23.2 Å². The molecule has 21 heavy (non-hydrogen) atoms. The molecule has 1 nitrogen and oxygen atoms in total. The van der Waals surface area contributed by atoms with Crippen LogP contribution in [0.25, 0.3) is 0 Å². The molecule has 0 amide bonds. The van der Waals surface area contributed by atoms with Crippen LogP contribution in [0.4, 0.5) is 5.69 Å². The average Bonchev–Trinajstić information content (AvgIpc) is 2.99. The number of allylic oxidation sites excluding steroid dienone is 2. The standard InChI is InChI=1S/C18H15Cl2N/c19-15-9-4-8-14(17(15)20)18-13-7-3-6-11(13)12-5-1-2-10-16(12)21-18/h1-6,8-11,13,18,21H,7H2.